The number of nitrogens with zero attached hydrogens (tertiary/aromatic N) is 1. The largest absolute Gasteiger partial charge is 0.422 e. The lowest BCUT2D eigenvalue weighted by Gasteiger charge is -2.29. The smallest absolute Gasteiger partial charge is 0.338 e. The summed E-state index contributed by atoms with van der Waals surface area (Å²) in [5.74, 6) is 0. The highest BCUT2D eigenvalue weighted by molar-refractivity contribution is 6.07. The first-order valence-electron chi connectivity index (χ1n) is 7.53. The Hall–Kier alpha value is -2.29. The fraction of sp³-hybridized carbons (Fsp3) is 0.278. The van der Waals surface area contributed by atoms with Gasteiger partial charge >= 0.3 is 5.63 Å². The molecule has 0 N–H and O–H groups in total. The molecule has 0 atom stereocenters. The van der Waals surface area contributed by atoms with Crippen LogP contribution in [0.3, 0.4) is 0 Å². The molecule has 0 aliphatic carbocycles. The van der Waals surface area contributed by atoms with Crippen LogP contribution in [-0.2, 0) is 0 Å². The molecule has 2 aromatic carbocycles. The lowest BCUT2D eigenvalue weighted by molar-refractivity contribution is 0.555. The summed E-state index contributed by atoms with van der Waals surface area (Å²) >= 11 is 0. The topological polar surface area (TPSA) is 33.5 Å². The summed E-state index contributed by atoms with van der Waals surface area (Å²) in [6.45, 7) is 2.04. The van der Waals surface area contributed by atoms with Crippen molar-refractivity contribution in [3.8, 4) is 0 Å². The standard InChI is InChI=1S/C18H17NO2/c20-17-12-16(19-10-4-1-5-11-19)15-9-8-13-6-2-3-7-14(13)18(15)21-17/h2-3,6-9,12H,1,4-5,10-11H2. The van der Waals surface area contributed by atoms with Gasteiger partial charge in [0.15, 0.2) is 0 Å². The molecule has 0 unspecified atom stereocenters. The van der Waals surface area contributed by atoms with Gasteiger partial charge in [0.05, 0.1) is 5.69 Å². The van der Waals surface area contributed by atoms with E-state index in [1.165, 1.54) is 19.3 Å². The molecule has 2 heterocycles. The highest BCUT2D eigenvalue weighted by atomic mass is 16.4. The van der Waals surface area contributed by atoms with Gasteiger partial charge in [-0.3, -0.25) is 0 Å². The monoisotopic (exact) mass is 279 g/mol. The molecule has 4 rings (SSSR count). The molecule has 1 aromatic heterocycles. The lowest BCUT2D eigenvalue weighted by atomic mass is 10.0. The van der Waals surface area contributed by atoms with Gasteiger partial charge in [0.1, 0.15) is 5.58 Å². The number of fused-ring (bicyclic) bond motifs is 3. The molecule has 1 aliphatic heterocycles. The molecule has 1 saturated heterocycles. The van der Waals surface area contributed by atoms with Gasteiger partial charge in [0, 0.05) is 29.9 Å². The number of rotatable bonds is 1. The Kier molecular flexibility index (Phi) is 2.92. The quantitative estimate of drug-likeness (QED) is 0.500. The Morgan fingerprint density at radius 1 is 0.905 bits per heavy atom. The average Bonchev–Trinajstić information content (AvgIpc) is 2.55. The van der Waals surface area contributed by atoms with Crippen LogP contribution in [0.1, 0.15) is 19.3 Å². The first-order chi connectivity index (χ1) is 10.3. The zero-order chi connectivity index (χ0) is 14.2. The zero-order valence-electron chi connectivity index (χ0n) is 11.8. The maximum atomic E-state index is 12.0. The second-order valence-electron chi connectivity index (χ2n) is 5.66. The van der Waals surface area contributed by atoms with Crippen molar-refractivity contribution in [3.63, 3.8) is 0 Å². The molecule has 0 bridgehead atoms. The van der Waals surface area contributed by atoms with Crippen LogP contribution in [0, 0.1) is 0 Å². The molecule has 0 amide bonds. The third-order valence-electron chi connectivity index (χ3n) is 4.31. The number of hydrogen-bond acceptors (Lipinski definition) is 3. The Morgan fingerprint density at radius 3 is 2.57 bits per heavy atom. The first-order valence-corrected chi connectivity index (χ1v) is 7.53. The Morgan fingerprint density at radius 2 is 1.71 bits per heavy atom. The highest BCUT2D eigenvalue weighted by Crippen LogP contribution is 2.32. The van der Waals surface area contributed by atoms with E-state index in [-0.39, 0.29) is 5.63 Å². The van der Waals surface area contributed by atoms with Crippen LogP contribution < -0.4 is 10.5 Å². The molecule has 3 aromatic rings. The van der Waals surface area contributed by atoms with E-state index in [1.807, 2.05) is 24.3 Å². The Bertz CT molecular complexity index is 860. The van der Waals surface area contributed by atoms with Crippen LogP contribution in [0.15, 0.2) is 51.7 Å². The van der Waals surface area contributed by atoms with Gasteiger partial charge in [-0.05, 0) is 30.7 Å². The summed E-state index contributed by atoms with van der Waals surface area (Å²) in [7, 11) is 0. The summed E-state index contributed by atoms with van der Waals surface area (Å²) in [4.78, 5) is 14.3. The normalized spacial score (nSPS) is 15.7. The third kappa shape index (κ3) is 2.09. The maximum Gasteiger partial charge on any atom is 0.338 e. The SMILES string of the molecule is O=c1cc(N2CCCCC2)c2ccc3ccccc3c2o1. The van der Waals surface area contributed by atoms with Crippen molar-refractivity contribution in [2.45, 2.75) is 19.3 Å². The maximum absolute atomic E-state index is 12.0. The molecule has 1 fully saturated rings. The summed E-state index contributed by atoms with van der Waals surface area (Å²) in [5, 5.41) is 3.14. The van der Waals surface area contributed by atoms with Gasteiger partial charge in [0.2, 0.25) is 0 Å². The van der Waals surface area contributed by atoms with E-state index >= 15 is 0 Å². The molecular formula is C18H17NO2. The van der Waals surface area contributed by atoms with E-state index in [2.05, 4.69) is 17.0 Å². The average molecular weight is 279 g/mol. The van der Waals surface area contributed by atoms with Gasteiger partial charge in [0.25, 0.3) is 0 Å². The fourth-order valence-electron chi connectivity index (χ4n) is 3.27. The van der Waals surface area contributed by atoms with E-state index in [0.717, 1.165) is 34.9 Å². The van der Waals surface area contributed by atoms with Crippen LogP contribution in [0.5, 0.6) is 0 Å². The first kappa shape index (κ1) is 12.5. The Balaban J connectivity index is 2.02. The van der Waals surface area contributed by atoms with Crippen LogP contribution in [-0.4, -0.2) is 13.1 Å². The van der Waals surface area contributed by atoms with E-state index in [0.29, 0.717) is 5.58 Å². The minimum Gasteiger partial charge on any atom is -0.422 e. The van der Waals surface area contributed by atoms with E-state index in [1.54, 1.807) is 6.07 Å². The second-order valence-corrected chi connectivity index (χ2v) is 5.66. The summed E-state index contributed by atoms with van der Waals surface area (Å²) < 4.78 is 5.52. The number of benzene rings is 2. The van der Waals surface area contributed by atoms with Crippen molar-refractivity contribution in [2.75, 3.05) is 18.0 Å². The van der Waals surface area contributed by atoms with Crippen molar-refractivity contribution < 1.29 is 4.42 Å². The molecule has 3 nitrogen and oxygen atoms in total. The van der Waals surface area contributed by atoms with Crippen molar-refractivity contribution in [1.29, 1.82) is 0 Å². The summed E-state index contributed by atoms with van der Waals surface area (Å²) in [6, 6.07) is 13.9. The predicted molar refractivity (Wildman–Crippen MR) is 86.1 cm³/mol. The van der Waals surface area contributed by atoms with Gasteiger partial charge in [-0.2, -0.15) is 0 Å². The van der Waals surface area contributed by atoms with E-state index in [4.69, 9.17) is 4.42 Å². The molecule has 106 valence electrons. The molecule has 0 spiro atoms. The van der Waals surface area contributed by atoms with Crippen LogP contribution >= 0.6 is 0 Å². The summed E-state index contributed by atoms with van der Waals surface area (Å²) in [6.07, 6.45) is 3.66. The van der Waals surface area contributed by atoms with Crippen LogP contribution in [0.25, 0.3) is 21.7 Å². The number of anilines is 1. The van der Waals surface area contributed by atoms with Gasteiger partial charge < -0.3 is 9.32 Å². The molecule has 3 heteroatoms. The third-order valence-corrected chi connectivity index (χ3v) is 4.31. The molecular weight excluding hydrogens is 262 g/mol. The minimum atomic E-state index is -0.264. The summed E-state index contributed by atoms with van der Waals surface area (Å²) in [5.41, 5.74) is 1.47. The molecule has 21 heavy (non-hydrogen) atoms. The van der Waals surface area contributed by atoms with Crippen molar-refractivity contribution >= 4 is 27.4 Å². The second kappa shape index (κ2) is 4.92. The number of hydrogen-bond donors (Lipinski definition) is 0. The lowest BCUT2D eigenvalue weighted by Crippen LogP contribution is -2.30. The predicted octanol–water partition coefficient (Wildman–Crippen LogP) is 3.94. The molecule has 1 aliphatic rings. The van der Waals surface area contributed by atoms with Gasteiger partial charge in [-0.15, -0.1) is 0 Å². The van der Waals surface area contributed by atoms with Crippen molar-refractivity contribution in [3.05, 3.63) is 52.9 Å². The Labute approximate surface area is 122 Å². The zero-order valence-corrected chi connectivity index (χ0v) is 11.8. The van der Waals surface area contributed by atoms with Crippen molar-refractivity contribution in [1.82, 2.24) is 0 Å². The van der Waals surface area contributed by atoms with E-state index in [9.17, 15) is 4.79 Å². The molecule has 0 radical (unpaired) electrons. The van der Waals surface area contributed by atoms with Gasteiger partial charge in [-0.1, -0.05) is 30.3 Å². The van der Waals surface area contributed by atoms with E-state index < -0.39 is 0 Å². The number of piperidine rings is 1. The molecule has 0 saturated carbocycles. The van der Waals surface area contributed by atoms with Crippen molar-refractivity contribution in [2.24, 2.45) is 0 Å². The highest BCUT2D eigenvalue weighted by Gasteiger charge is 2.16. The van der Waals surface area contributed by atoms with Crippen LogP contribution in [0.2, 0.25) is 0 Å². The van der Waals surface area contributed by atoms with Gasteiger partial charge in [-0.25, -0.2) is 4.79 Å². The minimum absolute atomic E-state index is 0.264. The fourth-order valence-corrected chi connectivity index (χ4v) is 3.27. The van der Waals surface area contributed by atoms with Crippen LogP contribution in [0.4, 0.5) is 5.69 Å².